The molecule has 0 radical (unpaired) electrons. The maximum Gasteiger partial charge on any atom is 0.123 e. The zero-order valence-corrected chi connectivity index (χ0v) is 6.55. The van der Waals surface area contributed by atoms with E-state index in [0.29, 0.717) is 0 Å². The quantitative estimate of drug-likeness (QED) is 0.692. The minimum Gasteiger partial charge on any atom is -0.324 e. The first kappa shape index (κ1) is 8.21. The van der Waals surface area contributed by atoms with Crippen LogP contribution in [-0.4, -0.2) is 0 Å². The molecule has 0 unspecified atom stereocenters. The minimum absolute atomic E-state index is 0.0364. The molecule has 2 heteroatoms. The topological polar surface area (TPSA) is 26.0 Å². The van der Waals surface area contributed by atoms with Crippen molar-refractivity contribution in [3.8, 4) is 0 Å². The second-order valence-corrected chi connectivity index (χ2v) is 2.57. The van der Waals surface area contributed by atoms with Crippen LogP contribution in [0.1, 0.15) is 24.9 Å². The first-order valence-corrected chi connectivity index (χ1v) is 3.75. The van der Waals surface area contributed by atoms with Gasteiger partial charge in [0.1, 0.15) is 5.82 Å². The Labute approximate surface area is 66.0 Å². The lowest BCUT2D eigenvalue weighted by Crippen LogP contribution is -2.08. The minimum atomic E-state index is -0.216. The SMILES string of the molecule is CC[C@H](N)c1cccc(F)c1. The van der Waals surface area contributed by atoms with E-state index in [-0.39, 0.29) is 11.9 Å². The zero-order valence-electron chi connectivity index (χ0n) is 6.55. The zero-order chi connectivity index (χ0) is 8.27. The number of benzene rings is 1. The summed E-state index contributed by atoms with van der Waals surface area (Å²) in [6, 6.07) is 6.39. The normalized spacial score (nSPS) is 13.0. The third-order valence-electron chi connectivity index (χ3n) is 1.72. The van der Waals surface area contributed by atoms with E-state index in [1.54, 1.807) is 6.07 Å². The lowest BCUT2D eigenvalue weighted by molar-refractivity contribution is 0.616. The molecule has 11 heavy (non-hydrogen) atoms. The summed E-state index contributed by atoms with van der Waals surface area (Å²) in [7, 11) is 0. The molecule has 1 nitrogen and oxygen atoms in total. The van der Waals surface area contributed by atoms with E-state index in [2.05, 4.69) is 0 Å². The summed E-state index contributed by atoms with van der Waals surface area (Å²) in [4.78, 5) is 0. The van der Waals surface area contributed by atoms with Gasteiger partial charge in [-0.2, -0.15) is 0 Å². The molecular formula is C9H12FN. The summed E-state index contributed by atoms with van der Waals surface area (Å²) in [5, 5.41) is 0. The van der Waals surface area contributed by atoms with Gasteiger partial charge in [-0.1, -0.05) is 19.1 Å². The Morgan fingerprint density at radius 3 is 2.82 bits per heavy atom. The summed E-state index contributed by atoms with van der Waals surface area (Å²) in [6.07, 6.45) is 0.837. The third kappa shape index (κ3) is 2.02. The van der Waals surface area contributed by atoms with Gasteiger partial charge in [0.25, 0.3) is 0 Å². The molecule has 1 rings (SSSR count). The van der Waals surface area contributed by atoms with Crippen molar-refractivity contribution in [2.45, 2.75) is 19.4 Å². The van der Waals surface area contributed by atoms with Crippen molar-refractivity contribution in [2.24, 2.45) is 5.73 Å². The van der Waals surface area contributed by atoms with Crippen LogP contribution in [0.5, 0.6) is 0 Å². The smallest absolute Gasteiger partial charge is 0.123 e. The maximum atomic E-state index is 12.6. The fraction of sp³-hybridized carbons (Fsp3) is 0.333. The van der Waals surface area contributed by atoms with E-state index >= 15 is 0 Å². The average molecular weight is 153 g/mol. The second-order valence-electron chi connectivity index (χ2n) is 2.57. The van der Waals surface area contributed by atoms with Crippen LogP contribution in [0, 0.1) is 5.82 Å². The Kier molecular flexibility index (Phi) is 2.60. The lowest BCUT2D eigenvalue weighted by Gasteiger charge is -2.07. The van der Waals surface area contributed by atoms with Gasteiger partial charge in [-0.25, -0.2) is 4.39 Å². The summed E-state index contributed by atoms with van der Waals surface area (Å²) in [6.45, 7) is 1.98. The fourth-order valence-electron chi connectivity index (χ4n) is 0.973. The van der Waals surface area contributed by atoms with Crippen LogP contribution >= 0.6 is 0 Å². The van der Waals surface area contributed by atoms with Crippen molar-refractivity contribution < 1.29 is 4.39 Å². The lowest BCUT2D eigenvalue weighted by atomic mass is 10.1. The molecule has 0 aliphatic heterocycles. The predicted molar refractivity (Wildman–Crippen MR) is 43.6 cm³/mol. The molecule has 1 atom stereocenters. The van der Waals surface area contributed by atoms with Crippen molar-refractivity contribution in [1.29, 1.82) is 0 Å². The Bertz CT molecular complexity index is 235. The van der Waals surface area contributed by atoms with Crippen molar-refractivity contribution in [3.05, 3.63) is 35.6 Å². The van der Waals surface area contributed by atoms with Crippen LogP contribution < -0.4 is 5.73 Å². The second kappa shape index (κ2) is 3.49. The molecule has 0 heterocycles. The summed E-state index contributed by atoms with van der Waals surface area (Å²) < 4.78 is 12.6. The first-order valence-electron chi connectivity index (χ1n) is 3.75. The van der Waals surface area contributed by atoms with Gasteiger partial charge < -0.3 is 5.73 Å². The van der Waals surface area contributed by atoms with Crippen LogP contribution in [0.4, 0.5) is 4.39 Å². The van der Waals surface area contributed by atoms with Crippen LogP contribution in [-0.2, 0) is 0 Å². The standard InChI is InChI=1S/C9H12FN/c1-2-9(11)7-4-3-5-8(10)6-7/h3-6,9H,2,11H2,1H3/t9-/m0/s1. The largest absolute Gasteiger partial charge is 0.324 e. The molecule has 0 aliphatic rings. The predicted octanol–water partition coefficient (Wildman–Crippen LogP) is 2.24. The molecule has 0 spiro atoms. The Morgan fingerprint density at radius 2 is 2.27 bits per heavy atom. The Balaban J connectivity index is 2.86. The average Bonchev–Trinajstić information content (AvgIpc) is 2.03. The van der Waals surface area contributed by atoms with Gasteiger partial charge in [-0.15, -0.1) is 0 Å². The number of hydrogen-bond donors (Lipinski definition) is 1. The molecule has 1 aromatic rings. The van der Waals surface area contributed by atoms with Gasteiger partial charge in [0.2, 0.25) is 0 Å². The van der Waals surface area contributed by atoms with E-state index < -0.39 is 0 Å². The molecule has 0 saturated heterocycles. The van der Waals surface area contributed by atoms with Crippen molar-refractivity contribution in [3.63, 3.8) is 0 Å². The van der Waals surface area contributed by atoms with Gasteiger partial charge >= 0.3 is 0 Å². The molecule has 2 N–H and O–H groups in total. The third-order valence-corrected chi connectivity index (χ3v) is 1.72. The van der Waals surface area contributed by atoms with Crippen molar-refractivity contribution in [2.75, 3.05) is 0 Å². The molecule has 0 amide bonds. The van der Waals surface area contributed by atoms with Gasteiger partial charge in [-0.3, -0.25) is 0 Å². The molecule has 1 aromatic carbocycles. The summed E-state index contributed by atoms with van der Waals surface area (Å²) >= 11 is 0. The Morgan fingerprint density at radius 1 is 1.55 bits per heavy atom. The molecular weight excluding hydrogens is 141 g/mol. The van der Waals surface area contributed by atoms with Crippen LogP contribution in [0.15, 0.2) is 24.3 Å². The van der Waals surface area contributed by atoms with E-state index in [1.165, 1.54) is 12.1 Å². The highest BCUT2D eigenvalue weighted by atomic mass is 19.1. The van der Waals surface area contributed by atoms with Gasteiger partial charge in [0.15, 0.2) is 0 Å². The highest BCUT2D eigenvalue weighted by Gasteiger charge is 2.02. The number of halogens is 1. The number of hydrogen-bond acceptors (Lipinski definition) is 1. The molecule has 60 valence electrons. The van der Waals surface area contributed by atoms with E-state index in [9.17, 15) is 4.39 Å². The monoisotopic (exact) mass is 153 g/mol. The highest BCUT2D eigenvalue weighted by Crippen LogP contribution is 2.13. The summed E-state index contributed by atoms with van der Waals surface area (Å²) in [5.41, 5.74) is 6.56. The summed E-state index contributed by atoms with van der Waals surface area (Å²) in [5.74, 6) is -0.216. The van der Waals surface area contributed by atoms with Crippen molar-refractivity contribution in [1.82, 2.24) is 0 Å². The number of rotatable bonds is 2. The van der Waals surface area contributed by atoms with E-state index in [0.717, 1.165) is 12.0 Å². The first-order chi connectivity index (χ1) is 5.24. The van der Waals surface area contributed by atoms with E-state index in [4.69, 9.17) is 5.73 Å². The van der Waals surface area contributed by atoms with Crippen LogP contribution in [0.25, 0.3) is 0 Å². The molecule has 0 aromatic heterocycles. The molecule has 0 bridgehead atoms. The number of nitrogens with two attached hydrogens (primary N) is 1. The van der Waals surface area contributed by atoms with Gasteiger partial charge in [-0.05, 0) is 24.1 Å². The van der Waals surface area contributed by atoms with E-state index in [1.807, 2.05) is 13.0 Å². The molecule has 0 aliphatic carbocycles. The highest BCUT2D eigenvalue weighted by molar-refractivity contribution is 5.19. The van der Waals surface area contributed by atoms with Gasteiger partial charge in [0, 0.05) is 6.04 Å². The molecule has 0 fully saturated rings. The van der Waals surface area contributed by atoms with Gasteiger partial charge in [0.05, 0.1) is 0 Å². The Hall–Kier alpha value is -0.890. The molecule has 0 saturated carbocycles. The fourth-order valence-corrected chi connectivity index (χ4v) is 0.973. The van der Waals surface area contributed by atoms with Crippen LogP contribution in [0.3, 0.4) is 0 Å². The maximum absolute atomic E-state index is 12.6. The van der Waals surface area contributed by atoms with Crippen molar-refractivity contribution >= 4 is 0 Å². The van der Waals surface area contributed by atoms with Crippen LogP contribution in [0.2, 0.25) is 0 Å².